The zero-order valence-electron chi connectivity index (χ0n) is 17.6. The fraction of sp³-hybridized carbons (Fsp3) is 0.360. The summed E-state index contributed by atoms with van der Waals surface area (Å²) in [5.74, 6) is 1.37. The normalized spacial score (nSPS) is 21.0. The molecule has 0 bridgehead atoms. The summed E-state index contributed by atoms with van der Waals surface area (Å²) in [4.78, 5) is 7.01. The van der Waals surface area contributed by atoms with Crippen molar-refractivity contribution in [2.45, 2.75) is 37.8 Å². The number of benzene rings is 2. The second-order valence-electron chi connectivity index (χ2n) is 8.53. The van der Waals surface area contributed by atoms with Crippen molar-refractivity contribution in [1.82, 2.24) is 9.88 Å². The molecule has 1 fully saturated rings. The first-order chi connectivity index (χ1) is 15.1. The maximum atomic E-state index is 10.6. The minimum absolute atomic E-state index is 0.297. The largest absolute Gasteiger partial charge is 0.490 e. The number of nitrogens with one attached hydrogen (secondary N) is 1. The van der Waals surface area contributed by atoms with Gasteiger partial charge in [0.15, 0.2) is 0 Å². The second kappa shape index (κ2) is 8.83. The number of halogens is 1. The summed E-state index contributed by atoms with van der Waals surface area (Å²) in [5.41, 5.74) is 1.05. The number of H-pyrrole nitrogens is 1. The molecule has 0 radical (unpaired) electrons. The summed E-state index contributed by atoms with van der Waals surface area (Å²) in [7, 11) is 0. The third kappa shape index (κ3) is 4.33. The standard InChI is InChI=1S/C25H27ClN2O2S/c1-16-12-17(25-13-20-21(26)4-2-7-24(20)31-25)9-11-28(16)14-18(29)15-30-23-6-3-5-22-19(23)8-10-27-22/h2-8,10,13,16-18,27,29H,9,11-12,14-15H2,1H3/t16-,17+,18-/m0/s1. The Morgan fingerprint density at radius 3 is 2.94 bits per heavy atom. The molecule has 2 aromatic heterocycles. The summed E-state index contributed by atoms with van der Waals surface area (Å²) in [6.07, 6.45) is 3.59. The van der Waals surface area contributed by atoms with Crippen molar-refractivity contribution in [3.8, 4) is 5.75 Å². The summed E-state index contributed by atoms with van der Waals surface area (Å²) >= 11 is 8.24. The number of ether oxygens (including phenoxy) is 1. The molecule has 5 rings (SSSR count). The van der Waals surface area contributed by atoms with Crippen LogP contribution in [0.5, 0.6) is 5.75 Å². The van der Waals surface area contributed by atoms with Gasteiger partial charge in [-0.25, -0.2) is 0 Å². The van der Waals surface area contributed by atoms with E-state index in [2.05, 4.69) is 28.9 Å². The number of rotatable bonds is 6. The van der Waals surface area contributed by atoms with Crippen LogP contribution < -0.4 is 4.74 Å². The van der Waals surface area contributed by atoms with E-state index in [1.807, 2.05) is 53.9 Å². The van der Waals surface area contributed by atoms with Gasteiger partial charge >= 0.3 is 0 Å². The van der Waals surface area contributed by atoms with Gasteiger partial charge in [-0.3, -0.25) is 4.90 Å². The molecule has 2 aromatic carbocycles. The molecule has 6 heteroatoms. The van der Waals surface area contributed by atoms with Crippen molar-refractivity contribution in [3.05, 3.63) is 64.6 Å². The molecule has 0 amide bonds. The zero-order chi connectivity index (χ0) is 21.4. The number of piperidine rings is 1. The molecule has 3 heterocycles. The Balaban J connectivity index is 1.18. The third-order valence-corrected chi connectivity index (χ3v) is 7.97. The zero-order valence-corrected chi connectivity index (χ0v) is 19.1. The van der Waals surface area contributed by atoms with Gasteiger partial charge in [-0.1, -0.05) is 23.7 Å². The maximum Gasteiger partial charge on any atom is 0.128 e. The molecule has 1 saturated heterocycles. The summed E-state index contributed by atoms with van der Waals surface area (Å²) in [5, 5.41) is 13.7. The summed E-state index contributed by atoms with van der Waals surface area (Å²) < 4.78 is 7.21. The number of fused-ring (bicyclic) bond motifs is 2. The van der Waals surface area contributed by atoms with Crippen LogP contribution in [0.25, 0.3) is 21.0 Å². The minimum Gasteiger partial charge on any atom is -0.490 e. The lowest BCUT2D eigenvalue weighted by Crippen LogP contribution is -2.45. The Hall–Kier alpha value is -2.05. The number of hydrogen-bond donors (Lipinski definition) is 2. The second-order valence-corrected chi connectivity index (χ2v) is 10.0. The third-order valence-electron chi connectivity index (χ3n) is 6.37. The van der Waals surface area contributed by atoms with E-state index in [0.29, 0.717) is 25.1 Å². The van der Waals surface area contributed by atoms with Crippen LogP contribution >= 0.6 is 22.9 Å². The van der Waals surface area contributed by atoms with Gasteiger partial charge in [0.25, 0.3) is 0 Å². The Bertz CT molecular complexity index is 1190. The number of aromatic amines is 1. The first-order valence-corrected chi connectivity index (χ1v) is 12.1. The van der Waals surface area contributed by atoms with Gasteiger partial charge in [0.05, 0.1) is 0 Å². The van der Waals surface area contributed by atoms with Crippen molar-refractivity contribution in [2.24, 2.45) is 0 Å². The van der Waals surface area contributed by atoms with Crippen LogP contribution in [0.1, 0.15) is 30.6 Å². The van der Waals surface area contributed by atoms with Crippen molar-refractivity contribution in [2.75, 3.05) is 19.7 Å². The molecule has 162 valence electrons. The lowest BCUT2D eigenvalue weighted by Gasteiger charge is -2.38. The van der Waals surface area contributed by atoms with Gasteiger partial charge in [-0.05, 0) is 68.6 Å². The number of thiophene rings is 1. The lowest BCUT2D eigenvalue weighted by molar-refractivity contribution is 0.0408. The van der Waals surface area contributed by atoms with Crippen LogP contribution in [0.3, 0.4) is 0 Å². The van der Waals surface area contributed by atoms with E-state index in [9.17, 15) is 5.11 Å². The molecule has 0 spiro atoms. The average molecular weight is 455 g/mol. The van der Waals surface area contributed by atoms with E-state index < -0.39 is 6.10 Å². The van der Waals surface area contributed by atoms with Gasteiger partial charge < -0.3 is 14.8 Å². The minimum atomic E-state index is -0.517. The van der Waals surface area contributed by atoms with E-state index in [1.165, 1.54) is 15.0 Å². The number of aliphatic hydroxyl groups is 1. The van der Waals surface area contributed by atoms with Crippen LogP contribution in [0, 0.1) is 0 Å². The monoisotopic (exact) mass is 454 g/mol. The number of likely N-dealkylation sites (tertiary alicyclic amines) is 1. The van der Waals surface area contributed by atoms with Crippen LogP contribution in [-0.4, -0.2) is 46.8 Å². The van der Waals surface area contributed by atoms with E-state index in [-0.39, 0.29) is 0 Å². The highest BCUT2D eigenvalue weighted by atomic mass is 35.5. The molecule has 0 unspecified atom stereocenters. The fourth-order valence-corrected chi connectivity index (χ4v) is 6.21. The van der Waals surface area contributed by atoms with Crippen LogP contribution in [-0.2, 0) is 0 Å². The number of hydrogen-bond acceptors (Lipinski definition) is 4. The lowest BCUT2D eigenvalue weighted by atomic mass is 9.90. The van der Waals surface area contributed by atoms with Crippen molar-refractivity contribution < 1.29 is 9.84 Å². The molecule has 1 aliphatic heterocycles. The Morgan fingerprint density at radius 2 is 2.10 bits per heavy atom. The topological polar surface area (TPSA) is 48.5 Å². The van der Waals surface area contributed by atoms with Crippen LogP contribution in [0.4, 0.5) is 0 Å². The molecule has 0 saturated carbocycles. The smallest absolute Gasteiger partial charge is 0.128 e. The van der Waals surface area contributed by atoms with Crippen molar-refractivity contribution in [3.63, 3.8) is 0 Å². The predicted molar refractivity (Wildman–Crippen MR) is 130 cm³/mol. The molecular formula is C25H27ClN2O2S. The first kappa shape index (κ1) is 20.8. The van der Waals surface area contributed by atoms with Crippen LogP contribution in [0.2, 0.25) is 5.02 Å². The highest BCUT2D eigenvalue weighted by Crippen LogP contribution is 2.40. The molecule has 4 nitrogen and oxygen atoms in total. The highest BCUT2D eigenvalue weighted by molar-refractivity contribution is 7.19. The number of nitrogens with zero attached hydrogens (tertiary/aromatic N) is 1. The van der Waals surface area contributed by atoms with Gasteiger partial charge in [-0.15, -0.1) is 11.3 Å². The van der Waals surface area contributed by atoms with Gasteiger partial charge in [0, 0.05) is 49.7 Å². The molecule has 3 atom stereocenters. The first-order valence-electron chi connectivity index (χ1n) is 10.9. The van der Waals surface area contributed by atoms with E-state index in [0.717, 1.165) is 41.1 Å². The molecule has 31 heavy (non-hydrogen) atoms. The van der Waals surface area contributed by atoms with Crippen LogP contribution in [0.15, 0.2) is 54.7 Å². The number of aliphatic hydroxyl groups excluding tert-OH is 1. The van der Waals surface area contributed by atoms with Gasteiger partial charge in [-0.2, -0.15) is 0 Å². The SMILES string of the molecule is C[C@H]1C[C@H](c2cc3c(Cl)cccc3s2)CCN1C[C@H](O)COc1cccc2[nH]ccc12. The Kier molecular flexibility index (Phi) is 5.93. The molecule has 1 aliphatic rings. The van der Waals surface area contributed by atoms with Crippen molar-refractivity contribution >= 4 is 43.9 Å². The highest BCUT2D eigenvalue weighted by Gasteiger charge is 2.29. The predicted octanol–water partition coefficient (Wildman–Crippen LogP) is 6.04. The quantitative estimate of drug-likeness (QED) is 0.373. The molecular weight excluding hydrogens is 428 g/mol. The Labute approximate surface area is 191 Å². The maximum absolute atomic E-state index is 10.6. The van der Waals surface area contributed by atoms with E-state index >= 15 is 0 Å². The van der Waals surface area contributed by atoms with Crippen molar-refractivity contribution in [1.29, 1.82) is 0 Å². The average Bonchev–Trinajstić information content (AvgIpc) is 3.41. The Morgan fingerprint density at radius 1 is 1.23 bits per heavy atom. The summed E-state index contributed by atoms with van der Waals surface area (Å²) in [6.45, 7) is 4.18. The number of β-amino-alcohol motifs (C(OH)–C–C–N with tert-alkyl or cyclic N) is 1. The molecule has 2 N–H and O–H groups in total. The van der Waals surface area contributed by atoms with Gasteiger partial charge in [0.2, 0.25) is 0 Å². The number of aromatic nitrogens is 1. The fourth-order valence-electron chi connectivity index (χ4n) is 4.69. The van der Waals surface area contributed by atoms with E-state index in [1.54, 1.807) is 0 Å². The molecule has 0 aliphatic carbocycles. The summed E-state index contributed by atoms with van der Waals surface area (Å²) in [6, 6.07) is 16.8. The van der Waals surface area contributed by atoms with Gasteiger partial charge in [0.1, 0.15) is 18.5 Å². The van der Waals surface area contributed by atoms with E-state index in [4.69, 9.17) is 16.3 Å². The molecule has 4 aromatic rings.